The number of hydrogen-bond donors (Lipinski definition) is 2. The fourth-order valence-electron chi connectivity index (χ4n) is 5.81. The number of hydrazine groups is 1. The summed E-state index contributed by atoms with van der Waals surface area (Å²) >= 11 is 0. The maximum absolute atomic E-state index is 5.90. The van der Waals surface area contributed by atoms with Crippen LogP contribution in [0.1, 0.15) is 56.3 Å². The van der Waals surface area contributed by atoms with Gasteiger partial charge in [0, 0.05) is 31.4 Å². The molecule has 9 nitrogen and oxygen atoms in total. The van der Waals surface area contributed by atoms with Gasteiger partial charge in [0.05, 0.1) is 23.9 Å². The zero-order valence-corrected chi connectivity index (χ0v) is 18.6. The van der Waals surface area contributed by atoms with E-state index in [2.05, 4.69) is 74.2 Å². The third-order valence-corrected chi connectivity index (χ3v) is 7.27. The number of nitrogens with zero attached hydrogens (tertiary/aromatic N) is 6. The van der Waals surface area contributed by atoms with Crippen LogP contribution in [0.15, 0.2) is 37.1 Å². The molecule has 9 heteroatoms. The summed E-state index contributed by atoms with van der Waals surface area (Å²) in [7, 11) is 0. The summed E-state index contributed by atoms with van der Waals surface area (Å²) in [6.45, 7) is 5.96. The van der Waals surface area contributed by atoms with Crippen LogP contribution in [0.2, 0.25) is 0 Å². The molecule has 2 saturated heterocycles. The summed E-state index contributed by atoms with van der Waals surface area (Å²) in [6.07, 6.45) is 9.53. The molecular formula is C23H30N8O. The van der Waals surface area contributed by atoms with Gasteiger partial charge < -0.3 is 9.64 Å². The van der Waals surface area contributed by atoms with Crippen molar-refractivity contribution in [2.24, 2.45) is 5.92 Å². The van der Waals surface area contributed by atoms with Crippen LogP contribution in [0.4, 0.5) is 5.82 Å². The summed E-state index contributed by atoms with van der Waals surface area (Å²) in [6, 6.07) is 7.09. The molecule has 6 rings (SSSR count). The Bertz CT molecular complexity index is 1090. The van der Waals surface area contributed by atoms with Crippen LogP contribution >= 0.6 is 0 Å². The zero-order valence-electron chi connectivity index (χ0n) is 18.6. The molecule has 0 amide bonds. The highest BCUT2D eigenvalue weighted by atomic mass is 16.5. The molecule has 3 aromatic heterocycles. The van der Waals surface area contributed by atoms with Gasteiger partial charge in [-0.15, -0.1) is 10.2 Å². The zero-order chi connectivity index (χ0) is 21.7. The molecule has 0 aromatic carbocycles. The lowest BCUT2D eigenvalue weighted by molar-refractivity contribution is -0.00547. The van der Waals surface area contributed by atoms with Gasteiger partial charge in [-0.1, -0.05) is 6.07 Å². The predicted molar refractivity (Wildman–Crippen MR) is 120 cm³/mol. The van der Waals surface area contributed by atoms with Crippen molar-refractivity contribution in [1.82, 2.24) is 35.4 Å². The van der Waals surface area contributed by atoms with Gasteiger partial charge in [0.25, 0.3) is 0 Å². The molecule has 0 spiro atoms. The Kier molecular flexibility index (Phi) is 5.04. The summed E-state index contributed by atoms with van der Waals surface area (Å²) < 4.78 is 7.92. The third kappa shape index (κ3) is 3.64. The van der Waals surface area contributed by atoms with Crippen LogP contribution in [0.3, 0.4) is 0 Å². The Morgan fingerprint density at radius 3 is 2.81 bits per heavy atom. The predicted octanol–water partition coefficient (Wildman–Crippen LogP) is 2.23. The molecule has 4 unspecified atom stereocenters. The van der Waals surface area contributed by atoms with Crippen LogP contribution in [-0.4, -0.2) is 55.9 Å². The second kappa shape index (κ2) is 8.06. The van der Waals surface area contributed by atoms with Crippen molar-refractivity contribution in [1.29, 1.82) is 0 Å². The first-order chi connectivity index (χ1) is 15.6. The largest absolute Gasteiger partial charge is 0.372 e. The topological polar surface area (TPSA) is 92.5 Å². The van der Waals surface area contributed by atoms with Crippen molar-refractivity contribution in [3.05, 3.63) is 48.3 Å². The first-order valence-electron chi connectivity index (χ1n) is 11.7. The van der Waals surface area contributed by atoms with Gasteiger partial charge in [-0.05, 0) is 56.6 Å². The first kappa shape index (κ1) is 20.0. The first-order valence-corrected chi connectivity index (χ1v) is 11.7. The van der Waals surface area contributed by atoms with E-state index in [0.29, 0.717) is 17.9 Å². The quantitative estimate of drug-likeness (QED) is 0.648. The Morgan fingerprint density at radius 1 is 1.06 bits per heavy atom. The van der Waals surface area contributed by atoms with Crippen LogP contribution in [0.25, 0.3) is 5.65 Å². The standard InChI is InChI=1S/C23H30N8O/c1-14-9-30(10-15(2)32-14)22-8-20(24-12-25-22)23-18-7-16(3-5-19(18)27-29-23)17-4-6-21-28-26-13-31(21)11-17/h4,6,8,11-16,18-19,23,27,29H,3,5,7,9-10H2,1-2H3/t14-,15+,16?,18?,19?,23?. The molecule has 3 aromatic rings. The van der Waals surface area contributed by atoms with E-state index in [1.54, 1.807) is 12.7 Å². The fourth-order valence-corrected chi connectivity index (χ4v) is 5.81. The molecule has 1 aliphatic carbocycles. The van der Waals surface area contributed by atoms with Crippen molar-refractivity contribution in [3.63, 3.8) is 0 Å². The lowest BCUT2D eigenvalue weighted by Crippen LogP contribution is -2.46. The average Bonchev–Trinajstić information content (AvgIpc) is 3.44. The smallest absolute Gasteiger partial charge is 0.160 e. The van der Waals surface area contributed by atoms with Crippen LogP contribution in [-0.2, 0) is 4.74 Å². The van der Waals surface area contributed by atoms with Gasteiger partial charge in [-0.3, -0.25) is 9.83 Å². The Hall–Kier alpha value is -2.62. The van der Waals surface area contributed by atoms with Gasteiger partial charge in [-0.2, -0.15) is 0 Å². The number of fused-ring (bicyclic) bond motifs is 2. The van der Waals surface area contributed by atoms with E-state index in [1.165, 1.54) is 12.0 Å². The van der Waals surface area contributed by atoms with Crippen molar-refractivity contribution < 1.29 is 4.74 Å². The molecule has 32 heavy (non-hydrogen) atoms. The number of nitrogens with one attached hydrogen (secondary N) is 2. The minimum Gasteiger partial charge on any atom is -0.372 e. The molecule has 168 valence electrons. The molecule has 3 aliphatic rings. The molecule has 5 heterocycles. The number of hydrogen-bond acceptors (Lipinski definition) is 8. The molecule has 0 bridgehead atoms. The second-order valence-electron chi connectivity index (χ2n) is 9.57. The van der Waals surface area contributed by atoms with Crippen molar-refractivity contribution in [2.45, 2.75) is 63.3 Å². The van der Waals surface area contributed by atoms with Gasteiger partial charge in [0.1, 0.15) is 18.5 Å². The summed E-state index contributed by atoms with van der Waals surface area (Å²) in [5.41, 5.74) is 10.4. The minimum atomic E-state index is 0.180. The lowest BCUT2D eigenvalue weighted by atomic mass is 9.73. The van der Waals surface area contributed by atoms with E-state index in [0.717, 1.165) is 43.1 Å². The molecule has 2 N–H and O–H groups in total. The van der Waals surface area contributed by atoms with Crippen molar-refractivity contribution in [3.8, 4) is 0 Å². The maximum atomic E-state index is 5.90. The Labute approximate surface area is 187 Å². The van der Waals surface area contributed by atoms with E-state index < -0.39 is 0 Å². The Morgan fingerprint density at radius 2 is 1.94 bits per heavy atom. The van der Waals surface area contributed by atoms with Gasteiger partial charge in [0.15, 0.2) is 5.65 Å². The number of morpholine rings is 1. The van der Waals surface area contributed by atoms with E-state index in [1.807, 2.05) is 4.40 Å². The fraction of sp³-hybridized carbons (Fsp3) is 0.565. The highest BCUT2D eigenvalue weighted by Crippen LogP contribution is 2.44. The van der Waals surface area contributed by atoms with Crippen LogP contribution in [0, 0.1) is 5.92 Å². The molecule has 2 aliphatic heterocycles. The maximum Gasteiger partial charge on any atom is 0.160 e. The number of ether oxygens (including phenoxy) is 1. The Balaban J connectivity index is 1.23. The van der Waals surface area contributed by atoms with Crippen molar-refractivity contribution in [2.75, 3.05) is 18.0 Å². The molecule has 1 saturated carbocycles. The van der Waals surface area contributed by atoms with Gasteiger partial charge >= 0.3 is 0 Å². The van der Waals surface area contributed by atoms with Gasteiger partial charge in [0.2, 0.25) is 0 Å². The number of anilines is 1. The monoisotopic (exact) mass is 434 g/mol. The number of rotatable bonds is 3. The van der Waals surface area contributed by atoms with Gasteiger partial charge in [-0.25, -0.2) is 15.4 Å². The summed E-state index contributed by atoms with van der Waals surface area (Å²) in [4.78, 5) is 11.6. The molecule has 0 radical (unpaired) electrons. The second-order valence-corrected chi connectivity index (χ2v) is 9.57. The van der Waals surface area contributed by atoms with E-state index >= 15 is 0 Å². The van der Waals surface area contributed by atoms with E-state index in [-0.39, 0.29) is 18.2 Å². The highest BCUT2D eigenvalue weighted by molar-refractivity contribution is 5.41. The van der Waals surface area contributed by atoms with Crippen LogP contribution < -0.4 is 15.8 Å². The summed E-state index contributed by atoms with van der Waals surface area (Å²) in [5.74, 6) is 2.00. The third-order valence-electron chi connectivity index (χ3n) is 7.27. The lowest BCUT2D eigenvalue weighted by Gasteiger charge is -2.36. The van der Waals surface area contributed by atoms with E-state index in [4.69, 9.17) is 4.74 Å². The molecular weight excluding hydrogens is 404 g/mol. The SMILES string of the molecule is C[C@@H]1CN(c2cc(C3NNC4CCC(c5ccc6nncn6c5)CC43)ncn2)C[C@H](C)O1. The summed E-state index contributed by atoms with van der Waals surface area (Å²) in [5, 5.41) is 8.15. The number of pyridine rings is 1. The number of aromatic nitrogens is 5. The highest BCUT2D eigenvalue weighted by Gasteiger charge is 2.42. The van der Waals surface area contributed by atoms with Crippen LogP contribution in [0.5, 0.6) is 0 Å². The molecule has 6 atom stereocenters. The van der Waals surface area contributed by atoms with Crippen molar-refractivity contribution >= 4 is 11.5 Å². The molecule has 3 fully saturated rings. The van der Waals surface area contributed by atoms with E-state index in [9.17, 15) is 0 Å². The average molecular weight is 435 g/mol. The normalized spacial score (nSPS) is 32.9. The minimum absolute atomic E-state index is 0.180.